The van der Waals surface area contributed by atoms with Crippen molar-refractivity contribution in [2.24, 2.45) is 5.92 Å². The van der Waals surface area contributed by atoms with Crippen molar-refractivity contribution in [1.82, 2.24) is 0 Å². The highest BCUT2D eigenvalue weighted by Crippen LogP contribution is 2.01. The van der Waals surface area contributed by atoms with Crippen molar-refractivity contribution >= 4 is 12.6 Å². The minimum Gasteiger partial charge on any atom is -0.354 e. The van der Waals surface area contributed by atoms with Crippen LogP contribution in [0.3, 0.4) is 0 Å². The smallest absolute Gasteiger partial charge is 0.0935 e. The number of hydrogen-bond donors (Lipinski definition) is 2. The van der Waals surface area contributed by atoms with Crippen molar-refractivity contribution in [2.75, 3.05) is 5.75 Å². The lowest BCUT2D eigenvalue weighted by molar-refractivity contribution is -0.414. The Labute approximate surface area is 57.1 Å². The molecule has 3 N–H and O–H groups in total. The Hall–Kier alpha value is 0.310. The molecule has 8 heavy (non-hydrogen) atoms. The van der Waals surface area contributed by atoms with Gasteiger partial charge in [-0.2, -0.15) is 12.6 Å². The van der Waals surface area contributed by atoms with E-state index in [-0.39, 0.29) is 0 Å². The molecule has 0 spiro atoms. The normalized spacial score (nSPS) is 14.6. The fraction of sp³-hybridized carbons (Fsp3) is 1.00. The van der Waals surface area contributed by atoms with Gasteiger partial charge < -0.3 is 5.73 Å². The van der Waals surface area contributed by atoms with E-state index in [9.17, 15) is 0 Å². The molecule has 0 saturated carbocycles. The van der Waals surface area contributed by atoms with Crippen molar-refractivity contribution in [3.8, 4) is 0 Å². The molecule has 0 amide bonds. The third-order valence-electron chi connectivity index (χ3n) is 1.06. The van der Waals surface area contributed by atoms with Crippen LogP contribution in [0.4, 0.5) is 0 Å². The molecule has 0 rings (SSSR count). The molecule has 0 aromatic heterocycles. The van der Waals surface area contributed by atoms with Crippen LogP contribution in [0.5, 0.6) is 0 Å². The van der Waals surface area contributed by atoms with E-state index in [1.807, 2.05) is 0 Å². The SMILES string of the molecule is CC(C)CC([NH3+])CS. The average molecular weight is 134 g/mol. The highest BCUT2D eigenvalue weighted by Gasteiger charge is 2.04. The van der Waals surface area contributed by atoms with E-state index in [1.165, 1.54) is 6.42 Å². The van der Waals surface area contributed by atoms with E-state index in [2.05, 4.69) is 32.2 Å². The molecule has 0 aromatic rings. The molecule has 0 saturated heterocycles. The van der Waals surface area contributed by atoms with Gasteiger partial charge >= 0.3 is 0 Å². The van der Waals surface area contributed by atoms with Gasteiger partial charge in [0.1, 0.15) is 0 Å². The van der Waals surface area contributed by atoms with E-state index in [1.54, 1.807) is 0 Å². The summed E-state index contributed by atoms with van der Waals surface area (Å²) in [7, 11) is 0. The van der Waals surface area contributed by atoms with Gasteiger partial charge in [-0.15, -0.1) is 0 Å². The largest absolute Gasteiger partial charge is 0.354 e. The molecule has 0 aliphatic rings. The molecule has 2 heteroatoms. The maximum absolute atomic E-state index is 4.13. The van der Waals surface area contributed by atoms with Gasteiger partial charge in [0.05, 0.1) is 6.04 Å². The number of quaternary nitrogens is 1. The first-order chi connectivity index (χ1) is 3.66. The maximum atomic E-state index is 4.13. The summed E-state index contributed by atoms with van der Waals surface area (Å²) in [6, 6.07) is 0.540. The van der Waals surface area contributed by atoms with E-state index < -0.39 is 0 Å². The summed E-state index contributed by atoms with van der Waals surface area (Å²) in [6.07, 6.45) is 1.20. The summed E-state index contributed by atoms with van der Waals surface area (Å²) in [5.74, 6) is 1.68. The molecule has 0 radical (unpaired) electrons. The minimum absolute atomic E-state index is 0.540. The van der Waals surface area contributed by atoms with Gasteiger partial charge in [0.25, 0.3) is 0 Å². The lowest BCUT2D eigenvalue weighted by Gasteiger charge is -2.06. The van der Waals surface area contributed by atoms with E-state index in [0.717, 1.165) is 11.7 Å². The van der Waals surface area contributed by atoms with Gasteiger partial charge in [0.15, 0.2) is 0 Å². The van der Waals surface area contributed by atoms with Gasteiger partial charge in [-0.05, 0) is 5.92 Å². The molecule has 1 atom stereocenters. The standard InChI is InChI=1S/C6H15NS/c1-5(2)3-6(7)4-8/h5-6,8H,3-4,7H2,1-2H3/p+1. The number of rotatable bonds is 3. The van der Waals surface area contributed by atoms with Crippen molar-refractivity contribution in [2.45, 2.75) is 26.3 Å². The van der Waals surface area contributed by atoms with Crippen LogP contribution in [0.15, 0.2) is 0 Å². The Balaban J connectivity index is 3.10. The fourth-order valence-electron chi connectivity index (χ4n) is 0.741. The molecule has 0 heterocycles. The summed E-state index contributed by atoms with van der Waals surface area (Å²) in [5, 5.41) is 0. The average Bonchev–Trinajstić information content (AvgIpc) is 1.65. The quantitative estimate of drug-likeness (QED) is 0.528. The van der Waals surface area contributed by atoms with Crippen molar-refractivity contribution in [3.05, 3.63) is 0 Å². The zero-order valence-electron chi connectivity index (χ0n) is 5.72. The van der Waals surface area contributed by atoms with Crippen LogP contribution >= 0.6 is 12.6 Å². The summed E-state index contributed by atoms with van der Waals surface area (Å²) in [4.78, 5) is 0. The Morgan fingerprint density at radius 1 is 1.50 bits per heavy atom. The van der Waals surface area contributed by atoms with E-state index >= 15 is 0 Å². The van der Waals surface area contributed by atoms with Gasteiger partial charge in [-0.3, -0.25) is 0 Å². The van der Waals surface area contributed by atoms with E-state index in [4.69, 9.17) is 0 Å². The van der Waals surface area contributed by atoms with Gasteiger partial charge in [-0.25, -0.2) is 0 Å². The predicted molar refractivity (Wildman–Crippen MR) is 40.0 cm³/mol. The summed E-state index contributed by atoms with van der Waals surface area (Å²) < 4.78 is 0. The first kappa shape index (κ1) is 8.31. The van der Waals surface area contributed by atoms with Crippen LogP contribution in [0.25, 0.3) is 0 Å². The number of thiol groups is 1. The second kappa shape index (κ2) is 4.21. The summed E-state index contributed by atoms with van der Waals surface area (Å²) in [5.41, 5.74) is 3.92. The Kier molecular flexibility index (Phi) is 4.38. The third-order valence-corrected chi connectivity index (χ3v) is 1.58. The van der Waals surface area contributed by atoms with E-state index in [0.29, 0.717) is 6.04 Å². The van der Waals surface area contributed by atoms with Crippen LogP contribution in [0.1, 0.15) is 20.3 Å². The molecular formula is C6H16NS+. The van der Waals surface area contributed by atoms with Crippen LogP contribution in [-0.2, 0) is 0 Å². The lowest BCUT2D eigenvalue weighted by Crippen LogP contribution is -2.62. The Bertz CT molecular complexity index is 54.5. The molecule has 0 aliphatic heterocycles. The van der Waals surface area contributed by atoms with Gasteiger partial charge in [-0.1, -0.05) is 13.8 Å². The second-order valence-corrected chi connectivity index (χ2v) is 3.04. The Morgan fingerprint density at radius 3 is 2.12 bits per heavy atom. The molecule has 1 unspecified atom stereocenters. The van der Waals surface area contributed by atoms with Crippen LogP contribution in [0.2, 0.25) is 0 Å². The zero-order chi connectivity index (χ0) is 6.57. The highest BCUT2D eigenvalue weighted by atomic mass is 32.1. The first-order valence-electron chi connectivity index (χ1n) is 3.10. The number of hydrogen-bond acceptors (Lipinski definition) is 1. The van der Waals surface area contributed by atoms with Crippen LogP contribution < -0.4 is 5.73 Å². The molecule has 1 nitrogen and oxygen atoms in total. The molecule has 0 aromatic carbocycles. The van der Waals surface area contributed by atoms with Crippen LogP contribution in [0, 0.1) is 5.92 Å². The monoisotopic (exact) mass is 134 g/mol. The van der Waals surface area contributed by atoms with Crippen molar-refractivity contribution in [1.29, 1.82) is 0 Å². The fourth-order valence-corrected chi connectivity index (χ4v) is 0.890. The minimum atomic E-state index is 0.540. The highest BCUT2D eigenvalue weighted by molar-refractivity contribution is 7.80. The maximum Gasteiger partial charge on any atom is 0.0935 e. The Morgan fingerprint density at radius 2 is 2.00 bits per heavy atom. The topological polar surface area (TPSA) is 27.6 Å². The van der Waals surface area contributed by atoms with Gasteiger partial charge in [0, 0.05) is 12.2 Å². The molecule has 50 valence electrons. The molecule has 0 bridgehead atoms. The first-order valence-corrected chi connectivity index (χ1v) is 3.74. The molecule has 0 fully saturated rings. The van der Waals surface area contributed by atoms with Crippen molar-refractivity contribution in [3.63, 3.8) is 0 Å². The summed E-state index contributed by atoms with van der Waals surface area (Å²) in [6.45, 7) is 4.42. The predicted octanol–water partition coefficient (Wildman–Crippen LogP) is 0.573. The van der Waals surface area contributed by atoms with Crippen LogP contribution in [-0.4, -0.2) is 11.8 Å². The van der Waals surface area contributed by atoms with Gasteiger partial charge in [0.2, 0.25) is 0 Å². The summed E-state index contributed by atoms with van der Waals surface area (Å²) >= 11 is 4.13. The molecular weight excluding hydrogens is 118 g/mol. The molecule has 0 aliphatic carbocycles. The zero-order valence-corrected chi connectivity index (χ0v) is 6.62. The lowest BCUT2D eigenvalue weighted by atomic mass is 10.1. The van der Waals surface area contributed by atoms with Crippen molar-refractivity contribution < 1.29 is 5.73 Å². The second-order valence-electron chi connectivity index (χ2n) is 2.68. The third kappa shape index (κ3) is 4.47.